The van der Waals surface area contributed by atoms with Crippen LogP contribution in [0.3, 0.4) is 0 Å². The number of hydrogen-bond donors (Lipinski definition) is 2. The molecule has 2 fully saturated rings. The summed E-state index contributed by atoms with van der Waals surface area (Å²) >= 11 is 1.63. The van der Waals surface area contributed by atoms with Crippen LogP contribution in [0, 0.1) is 5.92 Å². The molecule has 2 unspecified atom stereocenters. The van der Waals surface area contributed by atoms with Crippen LogP contribution < -0.4 is 10.6 Å². The van der Waals surface area contributed by atoms with Gasteiger partial charge in [0.05, 0.1) is 5.69 Å². The first-order valence-corrected chi connectivity index (χ1v) is 11.7. The quantitative estimate of drug-likeness (QED) is 0.518. The van der Waals surface area contributed by atoms with E-state index in [-0.39, 0.29) is 24.3 Å². The Bertz CT molecular complexity index is 981. The van der Waals surface area contributed by atoms with E-state index >= 15 is 0 Å². The van der Waals surface area contributed by atoms with Crippen molar-refractivity contribution in [1.29, 1.82) is 0 Å². The molecular weight excluding hydrogens is 410 g/mol. The average Bonchev–Trinajstić information content (AvgIpc) is 3.01. The number of urea groups is 1. The fourth-order valence-electron chi connectivity index (χ4n) is 4.40. The van der Waals surface area contributed by atoms with Crippen LogP contribution in [0.4, 0.5) is 10.5 Å². The number of nitrogens with one attached hydrogen (secondary N) is 2. The zero-order valence-corrected chi connectivity index (χ0v) is 18.4. The lowest BCUT2D eigenvalue weighted by molar-refractivity contribution is -0.136. The van der Waals surface area contributed by atoms with Gasteiger partial charge in [-0.15, -0.1) is 11.8 Å². The topological polar surface area (TPSA) is 78.5 Å². The van der Waals surface area contributed by atoms with Crippen LogP contribution >= 0.6 is 11.8 Å². The summed E-state index contributed by atoms with van der Waals surface area (Å²) in [6, 6.07) is 17.2. The Morgan fingerprint density at radius 2 is 1.87 bits per heavy atom. The minimum absolute atomic E-state index is 0.0703. The van der Waals surface area contributed by atoms with Gasteiger partial charge in [-0.2, -0.15) is 0 Å². The first kappa shape index (κ1) is 21.4. The molecule has 4 rings (SSSR count). The molecule has 1 aliphatic heterocycles. The summed E-state index contributed by atoms with van der Waals surface area (Å²) in [5.41, 5.74) is 1.03. The predicted octanol–water partition coefficient (Wildman–Crippen LogP) is 4.42. The summed E-state index contributed by atoms with van der Waals surface area (Å²) < 4.78 is 0. The van der Waals surface area contributed by atoms with Crippen molar-refractivity contribution in [3.05, 3.63) is 60.2 Å². The highest BCUT2D eigenvalue weighted by molar-refractivity contribution is 7.98. The number of benzene rings is 2. The number of rotatable bonds is 6. The summed E-state index contributed by atoms with van der Waals surface area (Å²) in [4.78, 5) is 40.4. The van der Waals surface area contributed by atoms with Crippen LogP contribution in [0.1, 0.15) is 38.2 Å². The molecular formula is C24H27N3O3S. The van der Waals surface area contributed by atoms with E-state index in [1.807, 2.05) is 49.4 Å². The van der Waals surface area contributed by atoms with Crippen LogP contribution in [0.15, 0.2) is 59.5 Å². The number of amides is 4. The molecule has 2 aromatic rings. The van der Waals surface area contributed by atoms with Gasteiger partial charge in [-0.1, -0.05) is 62.2 Å². The van der Waals surface area contributed by atoms with Crippen molar-refractivity contribution in [3.63, 3.8) is 0 Å². The second-order valence-electron chi connectivity index (χ2n) is 8.26. The molecule has 0 aromatic heterocycles. The minimum atomic E-state index is -0.848. The number of thioether (sulfide) groups is 1. The number of carbonyl (C=O) groups excluding carboxylic acids is 3. The highest BCUT2D eigenvalue weighted by Crippen LogP contribution is 2.38. The van der Waals surface area contributed by atoms with Gasteiger partial charge in [0.1, 0.15) is 12.1 Å². The zero-order chi connectivity index (χ0) is 21.8. The van der Waals surface area contributed by atoms with E-state index in [0.717, 1.165) is 34.8 Å². The fourth-order valence-corrected chi connectivity index (χ4v) is 5.37. The Kier molecular flexibility index (Phi) is 6.32. The lowest BCUT2D eigenvalue weighted by Gasteiger charge is -2.36. The number of imide groups is 1. The van der Waals surface area contributed by atoms with E-state index in [0.29, 0.717) is 12.1 Å². The number of para-hydroxylation sites is 1. The standard InChI is InChI=1S/C24H27N3O3S/c1-17-9-7-8-14-24(17)22(29)27(23(30)26-24)15-21(28)25-19-12-5-6-13-20(19)31-16-18-10-3-2-4-11-18/h2-6,10-13,17H,7-9,14-16H2,1H3,(H,25,28)(H,26,30). The Hall–Kier alpha value is -2.80. The van der Waals surface area contributed by atoms with E-state index in [1.54, 1.807) is 11.8 Å². The van der Waals surface area contributed by atoms with Crippen LogP contribution in [-0.4, -0.2) is 34.8 Å². The minimum Gasteiger partial charge on any atom is -0.324 e. The Balaban J connectivity index is 1.41. The smallest absolute Gasteiger partial charge is 0.324 e. The van der Waals surface area contributed by atoms with E-state index < -0.39 is 11.6 Å². The Morgan fingerprint density at radius 3 is 2.65 bits per heavy atom. The third-order valence-electron chi connectivity index (χ3n) is 6.20. The monoisotopic (exact) mass is 437 g/mol. The van der Waals surface area contributed by atoms with Gasteiger partial charge in [0.15, 0.2) is 0 Å². The molecule has 2 atom stereocenters. The number of nitrogens with zero attached hydrogens (tertiary/aromatic N) is 1. The maximum Gasteiger partial charge on any atom is 0.325 e. The van der Waals surface area contributed by atoms with Crippen molar-refractivity contribution in [1.82, 2.24) is 10.2 Å². The van der Waals surface area contributed by atoms with Crippen molar-refractivity contribution >= 4 is 35.3 Å². The number of anilines is 1. The molecule has 7 heteroatoms. The van der Waals surface area contributed by atoms with Crippen LogP contribution in [0.25, 0.3) is 0 Å². The first-order chi connectivity index (χ1) is 15.0. The molecule has 1 spiro atoms. The van der Waals surface area contributed by atoms with E-state index in [4.69, 9.17) is 0 Å². The highest BCUT2D eigenvalue weighted by atomic mass is 32.2. The molecule has 2 aromatic carbocycles. The summed E-state index contributed by atoms with van der Waals surface area (Å²) in [7, 11) is 0. The second kappa shape index (κ2) is 9.14. The summed E-state index contributed by atoms with van der Waals surface area (Å²) in [5, 5.41) is 5.77. The molecule has 4 amide bonds. The van der Waals surface area contributed by atoms with Crippen LogP contribution in [0.5, 0.6) is 0 Å². The van der Waals surface area contributed by atoms with Gasteiger partial charge in [0, 0.05) is 10.6 Å². The summed E-state index contributed by atoms with van der Waals surface area (Å²) in [6.45, 7) is 1.72. The van der Waals surface area contributed by atoms with Gasteiger partial charge in [-0.3, -0.25) is 14.5 Å². The van der Waals surface area contributed by atoms with Gasteiger partial charge in [-0.05, 0) is 36.5 Å². The fraction of sp³-hybridized carbons (Fsp3) is 0.375. The molecule has 31 heavy (non-hydrogen) atoms. The molecule has 0 radical (unpaired) electrons. The molecule has 1 heterocycles. The third-order valence-corrected chi connectivity index (χ3v) is 7.35. The molecule has 6 nitrogen and oxygen atoms in total. The first-order valence-electron chi connectivity index (χ1n) is 10.7. The van der Waals surface area contributed by atoms with Crippen molar-refractivity contribution in [2.24, 2.45) is 5.92 Å². The molecule has 1 aliphatic carbocycles. The average molecular weight is 438 g/mol. The molecule has 1 saturated carbocycles. The largest absolute Gasteiger partial charge is 0.325 e. The normalized spacial score (nSPS) is 23.1. The number of carbonyl (C=O) groups is 3. The van der Waals surface area contributed by atoms with Crippen molar-refractivity contribution in [2.45, 2.75) is 48.8 Å². The van der Waals surface area contributed by atoms with Crippen LogP contribution in [0.2, 0.25) is 0 Å². The van der Waals surface area contributed by atoms with Gasteiger partial charge < -0.3 is 10.6 Å². The van der Waals surface area contributed by atoms with Crippen molar-refractivity contribution in [3.8, 4) is 0 Å². The number of hydrogen-bond acceptors (Lipinski definition) is 4. The van der Waals surface area contributed by atoms with E-state index in [1.165, 1.54) is 5.56 Å². The maximum atomic E-state index is 13.1. The van der Waals surface area contributed by atoms with E-state index in [9.17, 15) is 14.4 Å². The Labute approximate surface area is 186 Å². The van der Waals surface area contributed by atoms with Crippen LogP contribution in [-0.2, 0) is 15.3 Å². The Morgan fingerprint density at radius 1 is 1.13 bits per heavy atom. The summed E-state index contributed by atoms with van der Waals surface area (Å²) in [6.07, 6.45) is 3.50. The van der Waals surface area contributed by atoms with Gasteiger partial charge >= 0.3 is 6.03 Å². The summed E-state index contributed by atoms with van der Waals surface area (Å²) in [5.74, 6) is 0.200. The third kappa shape index (κ3) is 4.46. The molecule has 2 N–H and O–H groups in total. The predicted molar refractivity (Wildman–Crippen MR) is 122 cm³/mol. The van der Waals surface area contributed by atoms with Crippen molar-refractivity contribution < 1.29 is 14.4 Å². The molecule has 1 saturated heterocycles. The van der Waals surface area contributed by atoms with Gasteiger partial charge in [0.25, 0.3) is 5.91 Å². The molecule has 0 bridgehead atoms. The van der Waals surface area contributed by atoms with Gasteiger partial charge in [-0.25, -0.2) is 4.79 Å². The zero-order valence-electron chi connectivity index (χ0n) is 17.6. The second-order valence-corrected chi connectivity index (χ2v) is 9.28. The maximum absolute atomic E-state index is 13.1. The van der Waals surface area contributed by atoms with Crippen molar-refractivity contribution in [2.75, 3.05) is 11.9 Å². The molecule has 162 valence electrons. The molecule has 2 aliphatic rings. The lowest BCUT2D eigenvalue weighted by Crippen LogP contribution is -2.54. The SMILES string of the molecule is CC1CCCCC12NC(=O)N(CC(=O)Nc1ccccc1SCc1ccccc1)C2=O. The van der Waals surface area contributed by atoms with E-state index in [2.05, 4.69) is 22.8 Å². The lowest BCUT2D eigenvalue weighted by atomic mass is 9.73. The highest BCUT2D eigenvalue weighted by Gasteiger charge is 2.55. The van der Waals surface area contributed by atoms with Gasteiger partial charge in [0.2, 0.25) is 5.91 Å².